The lowest BCUT2D eigenvalue weighted by molar-refractivity contribution is 0.163. The molecule has 1 atom stereocenters. The third kappa shape index (κ3) is 3.05. The van der Waals surface area contributed by atoms with Gasteiger partial charge in [0.15, 0.2) is 0 Å². The van der Waals surface area contributed by atoms with E-state index in [1.54, 1.807) is 12.4 Å². The summed E-state index contributed by atoms with van der Waals surface area (Å²) in [4.78, 5) is 8.58. The fourth-order valence-corrected chi connectivity index (χ4v) is 2.16. The van der Waals surface area contributed by atoms with Gasteiger partial charge in [0, 0.05) is 18.0 Å². The van der Waals surface area contributed by atoms with Gasteiger partial charge in [-0.2, -0.15) is 0 Å². The Morgan fingerprint density at radius 3 is 2.67 bits per heavy atom. The number of fused-ring (bicyclic) bond motifs is 1. The summed E-state index contributed by atoms with van der Waals surface area (Å²) in [6, 6.07) is 5.79. The molecule has 0 bridgehead atoms. The van der Waals surface area contributed by atoms with Crippen molar-refractivity contribution >= 4 is 11.0 Å². The molecule has 0 fully saturated rings. The minimum absolute atomic E-state index is 0.441. The molecule has 2 aromatic rings. The van der Waals surface area contributed by atoms with Crippen molar-refractivity contribution in [2.75, 3.05) is 0 Å². The molecule has 0 saturated carbocycles. The standard InChI is InChI=1S/C15H20N2O/c1-11(2)5-3-8-14(18)12-6-4-7-13-15(12)17-10-9-16-13/h4,6-7,9-11,14,18H,3,5,8H2,1-2H3. The van der Waals surface area contributed by atoms with Crippen molar-refractivity contribution in [2.24, 2.45) is 5.92 Å². The molecule has 0 aliphatic carbocycles. The van der Waals surface area contributed by atoms with Crippen molar-refractivity contribution in [1.29, 1.82) is 0 Å². The molecule has 0 aliphatic rings. The van der Waals surface area contributed by atoms with Crippen LogP contribution in [-0.4, -0.2) is 15.1 Å². The number of aliphatic hydroxyl groups excluding tert-OH is 1. The van der Waals surface area contributed by atoms with Gasteiger partial charge in [0.2, 0.25) is 0 Å². The van der Waals surface area contributed by atoms with E-state index < -0.39 is 6.10 Å². The number of hydrogen-bond donors (Lipinski definition) is 1. The van der Waals surface area contributed by atoms with E-state index in [9.17, 15) is 5.11 Å². The van der Waals surface area contributed by atoms with E-state index in [1.165, 1.54) is 0 Å². The number of benzene rings is 1. The SMILES string of the molecule is CC(C)CCCC(O)c1cccc2nccnc12. The lowest BCUT2D eigenvalue weighted by Crippen LogP contribution is -2.01. The second-order valence-electron chi connectivity index (χ2n) is 5.11. The molecule has 1 N–H and O–H groups in total. The Balaban J connectivity index is 2.15. The van der Waals surface area contributed by atoms with Crippen LogP contribution in [-0.2, 0) is 0 Å². The number of nitrogens with zero attached hydrogens (tertiary/aromatic N) is 2. The van der Waals surface area contributed by atoms with E-state index in [0.717, 1.165) is 35.9 Å². The Morgan fingerprint density at radius 2 is 1.89 bits per heavy atom. The molecule has 3 nitrogen and oxygen atoms in total. The maximum atomic E-state index is 10.3. The van der Waals surface area contributed by atoms with E-state index in [4.69, 9.17) is 0 Å². The fraction of sp³-hybridized carbons (Fsp3) is 0.467. The highest BCUT2D eigenvalue weighted by atomic mass is 16.3. The fourth-order valence-electron chi connectivity index (χ4n) is 2.16. The van der Waals surface area contributed by atoms with Crippen LogP contribution in [0.1, 0.15) is 44.8 Å². The first-order valence-corrected chi connectivity index (χ1v) is 6.56. The van der Waals surface area contributed by atoms with Crippen LogP contribution < -0.4 is 0 Å². The van der Waals surface area contributed by atoms with Crippen molar-refractivity contribution in [3.05, 3.63) is 36.2 Å². The van der Waals surface area contributed by atoms with E-state index in [0.29, 0.717) is 5.92 Å². The lowest BCUT2D eigenvalue weighted by atomic mass is 9.99. The number of hydrogen-bond acceptors (Lipinski definition) is 3. The zero-order chi connectivity index (χ0) is 13.0. The number of aliphatic hydroxyl groups is 1. The van der Waals surface area contributed by atoms with Crippen LogP contribution >= 0.6 is 0 Å². The molecule has 1 heterocycles. The Bertz CT molecular complexity index is 505. The molecule has 18 heavy (non-hydrogen) atoms. The van der Waals surface area contributed by atoms with Gasteiger partial charge < -0.3 is 5.11 Å². The Morgan fingerprint density at radius 1 is 1.11 bits per heavy atom. The average molecular weight is 244 g/mol. The molecular weight excluding hydrogens is 224 g/mol. The topological polar surface area (TPSA) is 46.0 Å². The predicted octanol–water partition coefficient (Wildman–Crippen LogP) is 3.49. The van der Waals surface area contributed by atoms with E-state index in [-0.39, 0.29) is 0 Å². The van der Waals surface area contributed by atoms with Gasteiger partial charge in [0.05, 0.1) is 17.1 Å². The van der Waals surface area contributed by atoms with Gasteiger partial charge in [-0.3, -0.25) is 9.97 Å². The summed E-state index contributed by atoms with van der Waals surface area (Å²) >= 11 is 0. The second kappa shape index (κ2) is 5.91. The molecule has 1 aromatic heterocycles. The van der Waals surface area contributed by atoms with Gasteiger partial charge in [0.25, 0.3) is 0 Å². The summed E-state index contributed by atoms with van der Waals surface area (Å²) in [5.41, 5.74) is 2.55. The molecule has 2 rings (SSSR count). The predicted molar refractivity (Wildman–Crippen MR) is 73.2 cm³/mol. The van der Waals surface area contributed by atoms with Gasteiger partial charge >= 0.3 is 0 Å². The summed E-state index contributed by atoms with van der Waals surface area (Å²) in [5, 5.41) is 10.3. The highest BCUT2D eigenvalue weighted by Crippen LogP contribution is 2.25. The maximum Gasteiger partial charge on any atom is 0.0944 e. The monoisotopic (exact) mass is 244 g/mol. The summed E-state index contributed by atoms with van der Waals surface area (Å²) in [6.07, 6.45) is 5.88. The molecule has 0 saturated heterocycles. The van der Waals surface area contributed by atoms with Crippen molar-refractivity contribution in [3.8, 4) is 0 Å². The summed E-state index contributed by atoms with van der Waals surface area (Å²) in [6.45, 7) is 4.41. The van der Waals surface area contributed by atoms with Crippen LogP contribution in [0, 0.1) is 5.92 Å². The van der Waals surface area contributed by atoms with Crippen LogP contribution in [0.3, 0.4) is 0 Å². The molecule has 0 spiro atoms. The first-order chi connectivity index (χ1) is 8.68. The van der Waals surface area contributed by atoms with Gasteiger partial charge in [-0.05, 0) is 18.4 Å². The van der Waals surface area contributed by atoms with Crippen molar-refractivity contribution in [3.63, 3.8) is 0 Å². The minimum atomic E-state index is -0.441. The Kier molecular flexibility index (Phi) is 4.26. The number of para-hydroxylation sites is 1. The first kappa shape index (κ1) is 13.0. The van der Waals surface area contributed by atoms with E-state index in [2.05, 4.69) is 23.8 Å². The molecule has 96 valence electrons. The maximum absolute atomic E-state index is 10.3. The molecule has 1 aromatic carbocycles. The smallest absolute Gasteiger partial charge is 0.0944 e. The van der Waals surface area contributed by atoms with Gasteiger partial charge in [-0.15, -0.1) is 0 Å². The molecule has 0 aliphatic heterocycles. The number of rotatable bonds is 5. The summed E-state index contributed by atoms with van der Waals surface area (Å²) in [5.74, 6) is 0.685. The zero-order valence-electron chi connectivity index (χ0n) is 11.0. The second-order valence-corrected chi connectivity index (χ2v) is 5.11. The number of aromatic nitrogens is 2. The average Bonchev–Trinajstić information content (AvgIpc) is 2.37. The molecule has 1 unspecified atom stereocenters. The Hall–Kier alpha value is -1.48. The lowest BCUT2D eigenvalue weighted by Gasteiger charge is -2.13. The summed E-state index contributed by atoms with van der Waals surface area (Å²) < 4.78 is 0. The first-order valence-electron chi connectivity index (χ1n) is 6.56. The van der Waals surface area contributed by atoms with Gasteiger partial charge in [0.1, 0.15) is 0 Å². The quantitative estimate of drug-likeness (QED) is 0.875. The van der Waals surface area contributed by atoms with E-state index >= 15 is 0 Å². The van der Waals surface area contributed by atoms with Crippen molar-refractivity contribution in [2.45, 2.75) is 39.2 Å². The normalized spacial score (nSPS) is 13.1. The third-order valence-corrected chi connectivity index (χ3v) is 3.15. The Labute approximate surface area is 108 Å². The minimum Gasteiger partial charge on any atom is -0.388 e. The largest absolute Gasteiger partial charge is 0.388 e. The molecule has 0 amide bonds. The van der Waals surface area contributed by atoms with Crippen LogP contribution in [0.5, 0.6) is 0 Å². The van der Waals surface area contributed by atoms with Gasteiger partial charge in [-0.1, -0.05) is 38.8 Å². The van der Waals surface area contributed by atoms with Crippen LogP contribution in [0.2, 0.25) is 0 Å². The molecule has 3 heteroatoms. The molecule has 0 radical (unpaired) electrons. The highest BCUT2D eigenvalue weighted by Gasteiger charge is 2.12. The van der Waals surface area contributed by atoms with E-state index in [1.807, 2.05) is 18.2 Å². The summed E-state index contributed by atoms with van der Waals surface area (Å²) in [7, 11) is 0. The van der Waals surface area contributed by atoms with Crippen molar-refractivity contribution in [1.82, 2.24) is 9.97 Å². The van der Waals surface area contributed by atoms with Crippen molar-refractivity contribution < 1.29 is 5.11 Å². The van der Waals surface area contributed by atoms with Crippen LogP contribution in [0.4, 0.5) is 0 Å². The zero-order valence-corrected chi connectivity index (χ0v) is 11.0. The van der Waals surface area contributed by atoms with Gasteiger partial charge in [-0.25, -0.2) is 0 Å². The van der Waals surface area contributed by atoms with Crippen LogP contribution in [0.25, 0.3) is 11.0 Å². The molecular formula is C15H20N2O. The third-order valence-electron chi connectivity index (χ3n) is 3.15. The highest BCUT2D eigenvalue weighted by molar-refractivity contribution is 5.77. The van der Waals surface area contributed by atoms with Crippen LogP contribution in [0.15, 0.2) is 30.6 Å².